The van der Waals surface area contributed by atoms with Crippen LogP contribution in [0.25, 0.3) is 0 Å². The van der Waals surface area contributed by atoms with E-state index in [4.69, 9.17) is 14.6 Å². The summed E-state index contributed by atoms with van der Waals surface area (Å²) < 4.78 is 12.6. The van der Waals surface area contributed by atoms with E-state index in [-0.39, 0.29) is 25.2 Å². The van der Waals surface area contributed by atoms with E-state index >= 15 is 0 Å². The summed E-state index contributed by atoms with van der Waals surface area (Å²) >= 11 is 0. The van der Waals surface area contributed by atoms with E-state index < -0.39 is 11.6 Å². The van der Waals surface area contributed by atoms with Gasteiger partial charge in [0.1, 0.15) is 11.6 Å². The van der Waals surface area contributed by atoms with E-state index in [0.29, 0.717) is 35.9 Å². The first-order valence-electron chi connectivity index (χ1n) is 13.4. The molecule has 206 valence electrons. The third-order valence-corrected chi connectivity index (χ3v) is 7.64. The minimum Gasteiger partial charge on any atom is -0.454 e. The third-order valence-electron chi connectivity index (χ3n) is 7.64. The van der Waals surface area contributed by atoms with Crippen molar-refractivity contribution in [2.24, 2.45) is 0 Å². The van der Waals surface area contributed by atoms with Crippen molar-refractivity contribution in [3.8, 4) is 11.5 Å². The van der Waals surface area contributed by atoms with Crippen LogP contribution in [0.3, 0.4) is 0 Å². The maximum Gasteiger partial charge on any atom is 0.249 e. The van der Waals surface area contributed by atoms with Gasteiger partial charge in [-0.15, -0.1) is 0 Å². The van der Waals surface area contributed by atoms with Gasteiger partial charge in [0.05, 0.1) is 5.69 Å². The summed E-state index contributed by atoms with van der Waals surface area (Å²) in [7, 11) is 1.69. The van der Waals surface area contributed by atoms with Gasteiger partial charge in [0.2, 0.25) is 18.6 Å². The number of benzene rings is 2. The highest BCUT2D eigenvalue weighted by Gasteiger charge is 2.39. The predicted octanol–water partition coefficient (Wildman–Crippen LogP) is 3.46. The molecule has 1 fully saturated rings. The van der Waals surface area contributed by atoms with Crippen LogP contribution in [0, 0.1) is 6.92 Å². The van der Waals surface area contributed by atoms with Crippen LogP contribution in [0.1, 0.15) is 55.1 Å². The number of rotatable bonds is 10. The van der Waals surface area contributed by atoms with Crippen molar-refractivity contribution >= 4 is 17.5 Å². The molecule has 1 aromatic heterocycles. The average Bonchev–Trinajstić information content (AvgIpc) is 3.57. The Labute approximate surface area is 228 Å². The lowest BCUT2D eigenvalue weighted by Gasteiger charge is -2.30. The van der Waals surface area contributed by atoms with Crippen LogP contribution in [-0.4, -0.2) is 53.2 Å². The summed E-state index contributed by atoms with van der Waals surface area (Å²) in [5, 5.41) is 17.5. The maximum absolute atomic E-state index is 13.9. The summed E-state index contributed by atoms with van der Waals surface area (Å²) in [6.45, 7) is 5.74. The summed E-state index contributed by atoms with van der Waals surface area (Å²) in [4.78, 5) is 29.2. The number of nitrogens with zero attached hydrogens (tertiary/aromatic N) is 3. The zero-order valence-corrected chi connectivity index (χ0v) is 22.9. The van der Waals surface area contributed by atoms with Gasteiger partial charge in [-0.05, 0) is 63.3 Å². The quantitative estimate of drug-likeness (QED) is 0.414. The second-order valence-corrected chi connectivity index (χ2v) is 10.8. The number of nitrogens with one attached hydrogen (secondary N) is 1. The van der Waals surface area contributed by atoms with E-state index in [9.17, 15) is 14.7 Å². The van der Waals surface area contributed by atoms with Gasteiger partial charge in [-0.2, -0.15) is 5.10 Å². The summed E-state index contributed by atoms with van der Waals surface area (Å²) in [5.41, 5.74) is 3.37. The Bertz CT molecular complexity index is 1360. The number of fused-ring (bicyclic) bond motifs is 1. The molecule has 0 radical (unpaired) electrons. The standard InChI is InChI=1S/C30H36N4O5/c1-19-23(14-15-35)27(21-10-11-21)32-34(19)30(2,3)29(37)31-24(16-20-8-6-5-7-9-20)28(36)33(4)22-12-13-25-26(17-22)39-18-38-25/h5-9,12-13,17,21,24,35H,10-11,14-16,18H2,1-4H3,(H,31,37). The molecular weight excluding hydrogens is 496 g/mol. The number of hydrogen-bond acceptors (Lipinski definition) is 6. The van der Waals surface area contributed by atoms with Crippen molar-refractivity contribution in [3.63, 3.8) is 0 Å². The minimum atomic E-state index is -1.06. The molecule has 2 N–H and O–H groups in total. The van der Waals surface area contributed by atoms with Crippen molar-refractivity contribution in [2.45, 2.75) is 64.0 Å². The zero-order valence-electron chi connectivity index (χ0n) is 22.9. The number of amides is 2. The molecular formula is C30H36N4O5. The fourth-order valence-corrected chi connectivity index (χ4v) is 5.14. The highest BCUT2D eigenvalue weighted by Crippen LogP contribution is 2.42. The van der Waals surface area contributed by atoms with Crippen LogP contribution < -0.4 is 19.7 Å². The number of ether oxygens (including phenoxy) is 2. The topological polar surface area (TPSA) is 106 Å². The van der Waals surface area contributed by atoms with Crippen molar-refractivity contribution < 1.29 is 24.2 Å². The Morgan fingerprint density at radius 3 is 2.56 bits per heavy atom. The first-order valence-corrected chi connectivity index (χ1v) is 13.4. The summed E-state index contributed by atoms with van der Waals surface area (Å²) in [6.07, 6.45) is 2.98. The zero-order chi connectivity index (χ0) is 27.7. The molecule has 2 amide bonds. The molecule has 0 saturated heterocycles. The van der Waals surface area contributed by atoms with Gasteiger partial charge in [-0.25, -0.2) is 0 Å². The molecule has 2 aromatic carbocycles. The minimum absolute atomic E-state index is 0.0265. The van der Waals surface area contributed by atoms with Crippen LogP contribution in [-0.2, 0) is 28.0 Å². The number of aliphatic hydroxyl groups is 1. The van der Waals surface area contributed by atoms with Crippen molar-refractivity contribution in [1.29, 1.82) is 0 Å². The molecule has 2 aliphatic rings. The lowest BCUT2D eigenvalue weighted by molar-refractivity contribution is -0.133. The molecule has 5 rings (SSSR count). The second-order valence-electron chi connectivity index (χ2n) is 10.8. The third kappa shape index (κ3) is 5.36. The van der Waals surface area contributed by atoms with Gasteiger partial charge in [-0.1, -0.05) is 30.3 Å². The summed E-state index contributed by atoms with van der Waals surface area (Å²) in [6, 6.07) is 14.2. The largest absolute Gasteiger partial charge is 0.454 e. The molecule has 9 heteroatoms. The fraction of sp³-hybridized carbons (Fsp3) is 0.433. The number of likely N-dealkylation sites (N-methyl/N-ethyl adjacent to an activating group) is 1. The van der Waals surface area contributed by atoms with Gasteiger partial charge in [0, 0.05) is 43.4 Å². The molecule has 3 aromatic rings. The van der Waals surface area contributed by atoms with Crippen LogP contribution in [0.2, 0.25) is 0 Å². The smallest absolute Gasteiger partial charge is 0.249 e. The SMILES string of the molecule is Cc1c(CCO)c(C2CC2)nn1C(C)(C)C(=O)NC(Cc1ccccc1)C(=O)N(C)c1ccc2c(c1)OCO2. The molecule has 1 saturated carbocycles. The van der Waals surface area contributed by atoms with E-state index in [1.807, 2.05) is 51.1 Å². The number of hydrogen-bond donors (Lipinski definition) is 2. The van der Waals surface area contributed by atoms with Gasteiger partial charge in [0.15, 0.2) is 11.5 Å². The fourth-order valence-electron chi connectivity index (χ4n) is 5.14. The summed E-state index contributed by atoms with van der Waals surface area (Å²) in [5.74, 6) is 1.04. The van der Waals surface area contributed by atoms with Gasteiger partial charge < -0.3 is 24.8 Å². The van der Waals surface area contributed by atoms with Crippen LogP contribution in [0.15, 0.2) is 48.5 Å². The first kappa shape index (κ1) is 26.7. The molecule has 0 bridgehead atoms. The highest BCUT2D eigenvalue weighted by atomic mass is 16.7. The van der Waals surface area contributed by atoms with Crippen LogP contribution >= 0.6 is 0 Å². The van der Waals surface area contributed by atoms with Gasteiger partial charge >= 0.3 is 0 Å². The Kier molecular flexibility index (Phi) is 7.36. The van der Waals surface area contributed by atoms with Crippen molar-refractivity contribution in [3.05, 3.63) is 71.0 Å². The molecule has 1 unspecified atom stereocenters. The Morgan fingerprint density at radius 1 is 1.15 bits per heavy atom. The molecule has 2 heterocycles. The average molecular weight is 533 g/mol. The monoisotopic (exact) mass is 532 g/mol. The maximum atomic E-state index is 13.9. The van der Waals surface area contributed by atoms with E-state index in [0.717, 1.165) is 35.4 Å². The van der Waals surface area contributed by atoms with E-state index in [1.165, 1.54) is 4.90 Å². The van der Waals surface area contributed by atoms with Crippen LogP contribution in [0.4, 0.5) is 5.69 Å². The number of carbonyl (C=O) groups is 2. The molecule has 0 spiro atoms. The van der Waals surface area contributed by atoms with E-state index in [2.05, 4.69) is 5.32 Å². The van der Waals surface area contributed by atoms with Crippen molar-refractivity contribution in [1.82, 2.24) is 15.1 Å². The molecule has 1 aliphatic heterocycles. The number of anilines is 1. The highest BCUT2D eigenvalue weighted by molar-refractivity contribution is 6.00. The molecule has 1 atom stereocenters. The Balaban J connectivity index is 1.42. The van der Waals surface area contributed by atoms with E-state index in [1.54, 1.807) is 29.9 Å². The Hall–Kier alpha value is -3.85. The normalized spacial score (nSPS) is 15.2. The predicted molar refractivity (Wildman–Crippen MR) is 147 cm³/mol. The Morgan fingerprint density at radius 2 is 1.87 bits per heavy atom. The van der Waals surface area contributed by atoms with Crippen molar-refractivity contribution in [2.75, 3.05) is 25.3 Å². The molecule has 9 nitrogen and oxygen atoms in total. The molecule has 1 aliphatic carbocycles. The van der Waals surface area contributed by atoms with Crippen LogP contribution in [0.5, 0.6) is 11.5 Å². The number of carbonyl (C=O) groups excluding carboxylic acids is 2. The second kappa shape index (κ2) is 10.7. The number of aliphatic hydroxyl groups excluding tert-OH is 1. The lowest BCUT2D eigenvalue weighted by atomic mass is 10.00. The first-order chi connectivity index (χ1) is 18.7. The van der Waals surface area contributed by atoms with Gasteiger partial charge in [0.25, 0.3) is 0 Å². The lowest BCUT2D eigenvalue weighted by Crippen LogP contribution is -2.54. The molecule has 39 heavy (non-hydrogen) atoms. The number of aromatic nitrogens is 2. The van der Waals surface area contributed by atoms with Gasteiger partial charge in [-0.3, -0.25) is 14.3 Å².